The Kier molecular flexibility index (Phi) is 6.69. The molecule has 3 heteroatoms. The first-order valence-electron chi connectivity index (χ1n) is 5.85. The molecule has 0 radical (unpaired) electrons. The number of rotatable bonds is 7. The molecule has 0 aliphatic rings. The minimum atomic E-state index is -0.130. The van der Waals surface area contributed by atoms with Crippen LogP contribution in [0.25, 0.3) is 0 Å². The predicted octanol–water partition coefficient (Wildman–Crippen LogP) is 3.09. The summed E-state index contributed by atoms with van der Waals surface area (Å²) >= 11 is 3.41. The monoisotopic (exact) mass is 285 g/mol. The maximum absolute atomic E-state index is 9.37. The summed E-state index contributed by atoms with van der Waals surface area (Å²) in [5, 5.41) is 12.7. The summed E-state index contributed by atoms with van der Waals surface area (Å²) in [5.74, 6) is 0. The standard InChI is InChI=1S/C13H20BrNO/c1-2-13(16)4-3-9-15-10-11-5-7-12(14)8-6-11/h5-8,13,15-16H,2-4,9-10H2,1H3. The highest BCUT2D eigenvalue weighted by Gasteiger charge is 1.99. The van der Waals surface area contributed by atoms with E-state index < -0.39 is 0 Å². The third-order valence-corrected chi connectivity index (χ3v) is 3.13. The Bertz CT molecular complexity index is 286. The molecular formula is C13H20BrNO. The molecule has 1 rings (SSSR count). The molecule has 0 saturated carbocycles. The average molecular weight is 286 g/mol. The molecule has 0 amide bonds. The predicted molar refractivity (Wildman–Crippen MR) is 71.4 cm³/mol. The van der Waals surface area contributed by atoms with Crippen molar-refractivity contribution in [3.8, 4) is 0 Å². The van der Waals surface area contributed by atoms with E-state index in [0.29, 0.717) is 0 Å². The Morgan fingerprint density at radius 2 is 2.00 bits per heavy atom. The fraction of sp³-hybridized carbons (Fsp3) is 0.538. The van der Waals surface area contributed by atoms with Crippen LogP contribution in [0, 0.1) is 0 Å². The van der Waals surface area contributed by atoms with E-state index in [-0.39, 0.29) is 6.10 Å². The van der Waals surface area contributed by atoms with Crippen molar-refractivity contribution in [3.05, 3.63) is 34.3 Å². The second kappa shape index (κ2) is 7.82. The van der Waals surface area contributed by atoms with Gasteiger partial charge in [0, 0.05) is 11.0 Å². The molecule has 0 heterocycles. The van der Waals surface area contributed by atoms with Gasteiger partial charge in [-0.2, -0.15) is 0 Å². The van der Waals surface area contributed by atoms with Crippen molar-refractivity contribution in [1.29, 1.82) is 0 Å². The number of hydrogen-bond acceptors (Lipinski definition) is 2. The van der Waals surface area contributed by atoms with E-state index in [2.05, 4.69) is 45.5 Å². The lowest BCUT2D eigenvalue weighted by atomic mass is 10.1. The molecule has 90 valence electrons. The number of hydrogen-bond donors (Lipinski definition) is 2. The highest BCUT2D eigenvalue weighted by atomic mass is 79.9. The molecule has 0 aliphatic carbocycles. The third-order valence-electron chi connectivity index (χ3n) is 2.60. The maximum atomic E-state index is 9.37. The molecule has 0 aromatic heterocycles. The molecule has 1 unspecified atom stereocenters. The summed E-state index contributed by atoms with van der Waals surface area (Å²) in [6.07, 6.45) is 2.65. The van der Waals surface area contributed by atoms with Gasteiger partial charge in [0.05, 0.1) is 6.10 Å². The van der Waals surface area contributed by atoms with Gasteiger partial charge in [-0.1, -0.05) is 35.0 Å². The summed E-state index contributed by atoms with van der Waals surface area (Å²) in [4.78, 5) is 0. The first kappa shape index (κ1) is 13.7. The van der Waals surface area contributed by atoms with Gasteiger partial charge < -0.3 is 10.4 Å². The fourth-order valence-corrected chi connectivity index (χ4v) is 1.77. The molecule has 16 heavy (non-hydrogen) atoms. The van der Waals surface area contributed by atoms with Crippen LogP contribution in [-0.4, -0.2) is 17.8 Å². The molecule has 0 saturated heterocycles. The van der Waals surface area contributed by atoms with Gasteiger partial charge in [-0.3, -0.25) is 0 Å². The van der Waals surface area contributed by atoms with E-state index in [1.165, 1.54) is 5.56 Å². The Hall–Kier alpha value is -0.380. The lowest BCUT2D eigenvalue weighted by molar-refractivity contribution is 0.157. The van der Waals surface area contributed by atoms with Crippen molar-refractivity contribution in [3.63, 3.8) is 0 Å². The summed E-state index contributed by atoms with van der Waals surface area (Å²) in [6.45, 7) is 3.88. The second-order valence-corrected chi connectivity index (χ2v) is 4.92. The van der Waals surface area contributed by atoms with Gasteiger partial charge in [-0.25, -0.2) is 0 Å². The highest BCUT2D eigenvalue weighted by Crippen LogP contribution is 2.10. The fourth-order valence-electron chi connectivity index (χ4n) is 1.50. The van der Waals surface area contributed by atoms with Crippen molar-refractivity contribution < 1.29 is 5.11 Å². The van der Waals surface area contributed by atoms with E-state index in [9.17, 15) is 5.11 Å². The van der Waals surface area contributed by atoms with E-state index >= 15 is 0 Å². The van der Waals surface area contributed by atoms with Gasteiger partial charge in [-0.15, -0.1) is 0 Å². The SMILES string of the molecule is CCC(O)CCCNCc1ccc(Br)cc1. The molecule has 0 bridgehead atoms. The van der Waals surface area contributed by atoms with Crippen LogP contribution in [0.1, 0.15) is 31.7 Å². The van der Waals surface area contributed by atoms with Gasteiger partial charge in [0.15, 0.2) is 0 Å². The maximum Gasteiger partial charge on any atom is 0.0538 e. The lowest BCUT2D eigenvalue weighted by Crippen LogP contribution is -2.16. The minimum Gasteiger partial charge on any atom is -0.393 e. The normalized spacial score (nSPS) is 12.7. The zero-order chi connectivity index (χ0) is 11.8. The molecule has 2 nitrogen and oxygen atoms in total. The van der Waals surface area contributed by atoms with Gasteiger partial charge in [0.1, 0.15) is 0 Å². The smallest absolute Gasteiger partial charge is 0.0538 e. The molecular weight excluding hydrogens is 266 g/mol. The van der Waals surface area contributed by atoms with E-state index in [4.69, 9.17) is 0 Å². The zero-order valence-electron chi connectivity index (χ0n) is 9.75. The molecule has 0 aliphatic heterocycles. The minimum absolute atomic E-state index is 0.130. The largest absolute Gasteiger partial charge is 0.393 e. The van der Waals surface area contributed by atoms with Crippen molar-refractivity contribution in [2.24, 2.45) is 0 Å². The van der Waals surface area contributed by atoms with Crippen LogP contribution in [0.2, 0.25) is 0 Å². The Labute approximate surface area is 106 Å². The van der Waals surface area contributed by atoms with Crippen LogP contribution in [-0.2, 0) is 6.54 Å². The number of benzene rings is 1. The molecule has 1 aromatic rings. The molecule has 1 atom stereocenters. The van der Waals surface area contributed by atoms with E-state index in [1.54, 1.807) is 0 Å². The topological polar surface area (TPSA) is 32.3 Å². The number of aliphatic hydroxyl groups is 1. The molecule has 0 spiro atoms. The Morgan fingerprint density at radius 1 is 1.31 bits per heavy atom. The van der Waals surface area contributed by atoms with Gasteiger partial charge in [-0.05, 0) is 43.5 Å². The van der Waals surface area contributed by atoms with Gasteiger partial charge >= 0.3 is 0 Å². The molecule has 2 N–H and O–H groups in total. The summed E-state index contributed by atoms with van der Waals surface area (Å²) in [6, 6.07) is 8.33. The molecule has 1 aromatic carbocycles. The number of nitrogens with one attached hydrogen (secondary N) is 1. The van der Waals surface area contributed by atoms with Crippen LogP contribution >= 0.6 is 15.9 Å². The van der Waals surface area contributed by atoms with Gasteiger partial charge in [0.25, 0.3) is 0 Å². The Morgan fingerprint density at radius 3 is 2.62 bits per heavy atom. The van der Waals surface area contributed by atoms with Crippen molar-refractivity contribution >= 4 is 15.9 Å². The van der Waals surface area contributed by atoms with Crippen molar-refractivity contribution in [1.82, 2.24) is 5.32 Å². The zero-order valence-corrected chi connectivity index (χ0v) is 11.3. The number of halogens is 1. The Balaban J connectivity index is 2.09. The third kappa shape index (κ3) is 5.64. The first-order valence-corrected chi connectivity index (χ1v) is 6.65. The van der Waals surface area contributed by atoms with Crippen molar-refractivity contribution in [2.45, 2.75) is 38.8 Å². The van der Waals surface area contributed by atoms with Crippen LogP contribution < -0.4 is 5.32 Å². The quantitative estimate of drug-likeness (QED) is 0.755. The van der Waals surface area contributed by atoms with Crippen LogP contribution in [0.5, 0.6) is 0 Å². The van der Waals surface area contributed by atoms with Crippen molar-refractivity contribution in [2.75, 3.05) is 6.54 Å². The molecule has 0 fully saturated rings. The van der Waals surface area contributed by atoms with Crippen LogP contribution in [0.4, 0.5) is 0 Å². The van der Waals surface area contributed by atoms with E-state index in [1.807, 2.05) is 6.92 Å². The van der Waals surface area contributed by atoms with Gasteiger partial charge in [0.2, 0.25) is 0 Å². The van der Waals surface area contributed by atoms with Crippen LogP contribution in [0.15, 0.2) is 28.7 Å². The second-order valence-electron chi connectivity index (χ2n) is 4.01. The van der Waals surface area contributed by atoms with E-state index in [0.717, 1.165) is 36.8 Å². The highest BCUT2D eigenvalue weighted by molar-refractivity contribution is 9.10. The van der Waals surface area contributed by atoms with Crippen LogP contribution in [0.3, 0.4) is 0 Å². The summed E-state index contributed by atoms with van der Waals surface area (Å²) < 4.78 is 1.11. The summed E-state index contributed by atoms with van der Waals surface area (Å²) in [5.41, 5.74) is 1.29. The summed E-state index contributed by atoms with van der Waals surface area (Å²) in [7, 11) is 0. The lowest BCUT2D eigenvalue weighted by Gasteiger charge is -2.08. The average Bonchev–Trinajstić information content (AvgIpc) is 2.31. The first-order chi connectivity index (χ1) is 7.72. The number of aliphatic hydroxyl groups excluding tert-OH is 1.